The number of hydrogen-bond donors (Lipinski definition) is 3. The smallest absolute Gasteiger partial charge is 0.287 e. The molecule has 1 heterocycles. The lowest BCUT2D eigenvalue weighted by molar-refractivity contribution is 0.0940. The fourth-order valence-electron chi connectivity index (χ4n) is 2.33. The van der Waals surface area contributed by atoms with E-state index in [2.05, 4.69) is 15.3 Å². The van der Waals surface area contributed by atoms with Gasteiger partial charge in [-0.1, -0.05) is 18.2 Å². The van der Waals surface area contributed by atoms with Crippen molar-refractivity contribution in [3.8, 4) is 11.5 Å². The van der Waals surface area contributed by atoms with E-state index in [1.54, 1.807) is 31.4 Å². The van der Waals surface area contributed by atoms with E-state index >= 15 is 0 Å². The maximum atomic E-state index is 12.2. The second-order valence-corrected chi connectivity index (χ2v) is 5.12. The monoisotopic (exact) mass is 325 g/mol. The average Bonchev–Trinajstić information content (AvgIpc) is 2.59. The van der Waals surface area contributed by atoms with Gasteiger partial charge in [0.2, 0.25) is 0 Å². The van der Waals surface area contributed by atoms with E-state index in [1.807, 2.05) is 12.1 Å². The Hall–Kier alpha value is -3.35. The van der Waals surface area contributed by atoms with Crippen LogP contribution in [0.15, 0.2) is 47.3 Å². The lowest BCUT2D eigenvalue weighted by Gasteiger charge is -2.07. The first kappa shape index (κ1) is 15.5. The quantitative estimate of drug-likeness (QED) is 0.675. The summed E-state index contributed by atoms with van der Waals surface area (Å²) in [6, 6.07) is 11.8. The van der Waals surface area contributed by atoms with E-state index in [9.17, 15) is 14.7 Å². The molecule has 0 saturated carbocycles. The van der Waals surface area contributed by atoms with Crippen molar-refractivity contribution in [1.29, 1.82) is 0 Å². The van der Waals surface area contributed by atoms with Crippen LogP contribution in [-0.2, 0) is 6.54 Å². The molecule has 3 rings (SSSR count). The number of aromatic hydroxyl groups is 1. The molecule has 0 atom stereocenters. The first-order valence-corrected chi connectivity index (χ1v) is 7.21. The normalized spacial score (nSPS) is 10.5. The van der Waals surface area contributed by atoms with Gasteiger partial charge in [0.1, 0.15) is 16.9 Å². The van der Waals surface area contributed by atoms with Gasteiger partial charge in [-0.25, -0.2) is 4.98 Å². The number of nitrogens with one attached hydrogen (secondary N) is 2. The topological polar surface area (TPSA) is 104 Å². The van der Waals surface area contributed by atoms with Crippen LogP contribution in [0, 0.1) is 0 Å². The molecule has 0 bridgehead atoms. The molecule has 0 aliphatic rings. The molecule has 3 aromatic rings. The van der Waals surface area contributed by atoms with E-state index in [0.717, 1.165) is 5.56 Å². The average molecular weight is 325 g/mol. The van der Waals surface area contributed by atoms with Crippen LogP contribution in [0.4, 0.5) is 0 Å². The molecule has 0 aliphatic carbocycles. The van der Waals surface area contributed by atoms with Gasteiger partial charge in [-0.15, -0.1) is 0 Å². The molecule has 3 N–H and O–H groups in total. The van der Waals surface area contributed by atoms with Gasteiger partial charge in [0.05, 0.1) is 12.6 Å². The zero-order valence-electron chi connectivity index (χ0n) is 12.9. The summed E-state index contributed by atoms with van der Waals surface area (Å²) in [5, 5.41) is 12.5. The molecule has 0 aliphatic heterocycles. The maximum Gasteiger partial charge on any atom is 0.287 e. The number of amides is 1. The number of nitrogens with zero attached hydrogens (tertiary/aromatic N) is 1. The molecule has 0 radical (unpaired) electrons. The van der Waals surface area contributed by atoms with Crippen molar-refractivity contribution in [2.75, 3.05) is 7.11 Å². The van der Waals surface area contributed by atoms with Gasteiger partial charge >= 0.3 is 0 Å². The Kier molecular flexibility index (Phi) is 4.15. The molecule has 0 spiro atoms. The van der Waals surface area contributed by atoms with Crippen LogP contribution >= 0.6 is 0 Å². The van der Waals surface area contributed by atoms with Crippen molar-refractivity contribution in [2.45, 2.75) is 6.54 Å². The fourth-order valence-corrected chi connectivity index (χ4v) is 2.33. The highest BCUT2D eigenvalue weighted by atomic mass is 16.5. The second-order valence-electron chi connectivity index (χ2n) is 5.12. The number of benzene rings is 2. The number of rotatable bonds is 4. The number of phenols is 1. The number of aromatic amines is 1. The molecule has 7 heteroatoms. The second kappa shape index (κ2) is 6.41. The van der Waals surface area contributed by atoms with Crippen LogP contribution in [0.3, 0.4) is 0 Å². The van der Waals surface area contributed by atoms with E-state index < -0.39 is 11.5 Å². The summed E-state index contributed by atoms with van der Waals surface area (Å²) in [4.78, 5) is 30.7. The molecular weight excluding hydrogens is 310 g/mol. The van der Waals surface area contributed by atoms with E-state index in [4.69, 9.17) is 4.74 Å². The van der Waals surface area contributed by atoms with Crippen molar-refractivity contribution in [3.05, 3.63) is 64.2 Å². The predicted molar refractivity (Wildman–Crippen MR) is 88.2 cm³/mol. The summed E-state index contributed by atoms with van der Waals surface area (Å²) in [5.74, 6) is -0.111. The van der Waals surface area contributed by atoms with Gasteiger partial charge in [-0.05, 0) is 29.8 Å². The van der Waals surface area contributed by atoms with Gasteiger partial charge in [-0.2, -0.15) is 0 Å². The van der Waals surface area contributed by atoms with Crippen molar-refractivity contribution in [2.24, 2.45) is 0 Å². The minimum Gasteiger partial charge on any atom is -0.507 e. The first-order valence-electron chi connectivity index (χ1n) is 7.21. The zero-order valence-corrected chi connectivity index (χ0v) is 12.9. The number of hydrogen-bond acceptors (Lipinski definition) is 5. The summed E-state index contributed by atoms with van der Waals surface area (Å²) >= 11 is 0. The fraction of sp³-hybridized carbons (Fsp3) is 0.118. The highest BCUT2D eigenvalue weighted by Gasteiger charge is 2.13. The summed E-state index contributed by atoms with van der Waals surface area (Å²) in [6.45, 7) is 0.262. The molecule has 0 saturated heterocycles. The molecule has 1 amide bonds. The standard InChI is InChI=1S/C17H15N3O4/c1-24-11-5-2-4-10(8-11)9-18-17(23)15-19-12-6-3-7-13(21)14(12)16(22)20-15/h2-8,21H,9H2,1H3,(H,18,23)(H,19,20,22). The van der Waals surface area contributed by atoms with Gasteiger partial charge < -0.3 is 20.1 Å². The molecular formula is C17H15N3O4. The lowest BCUT2D eigenvalue weighted by Crippen LogP contribution is -2.27. The Balaban J connectivity index is 1.82. The summed E-state index contributed by atoms with van der Waals surface area (Å²) < 4.78 is 5.13. The number of carbonyl (C=O) groups excluding carboxylic acids is 1. The number of carbonyl (C=O) groups is 1. The highest BCUT2D eigenvalue weighted by Crippen LogP contribution is 2.18. The van der Waals surface area contributed by atoms with Gasteiger partial charge in [-0.3, -0.25) is 9.59 Å². The Bertz CT molecular complexity index is 965. The summed E-state index contributed by atoms with van der Waals surface area (Å²) in [7, 11) is 1.57. The Morgan fingerprint density at radius 1 is 1.29 bits per heavy atom. The van der Waals surface area contributed by atoms with Crippen molar-refractivity contribution < 1.29 is 14.6 Å². The molecule has 0 unspecified atom stereocenters. The number of H-pyrrole nitrogens is 1. The Morgan fingerprint density at radius 2 is 2.08 bits per heavy atom. The SMILES string of the molecule is COc1cccc(CNC(=O)c2nc3cccc(O)c3c(=O)[nH]2)c1. The largest absolute Gasteiger partial charge is 0.507 e. The van der Waals surface area contributed by atoms with Crippen LogP contribution in [0.1, 0.15) is 16.2 Å². The van der Waals surface area contributed by atoms with Crippen LogP contribution in [0.5, 0.6) is 11.5 Å². The number of methoxy groups -OCH3 is 1. The zero-order chi connectivity index (χ0) is 17.1. The third-order valence-corrected chi connectivity index (χ3v) is 3.51. The number of fused-ring (bicyclic) bond motifs is 1. The van der Waals surface area contributed by atoms with Gasteiger partial charge in [0.15, 0.2) is 5.82 Å². The number of phenolic OH excluding ortho intramolecular Hbond substituents is 1. The summed E-state index contributed by atoms with van der Waals surface area (Å²) in [5.41, 5.74) is 0.540. The predicted octanol–water partition coefficient (Wildman–Crippen LogP) is 1.57. The Labute approximate surface area is 136 Å². The van der Waals surface area contributed by atoms with Crippen LogP contribution in [0.2, 0.25) is 0 Å². The minimum atomic E-state index is -0.565. The number of ether oxygens (including phenoxy) is 1. The van der Waals surface area contributed by atoms with Crippen LogP contribution in [0.25, 0.3) is 10.9 Å². The van der Waals surface area contributed by atoms with E-state index in [-0.39, 0.29) is 29.0 Å². The van der Waals surface area contributed by atoms with Crippen molar-refractivity contribution in [1.82, 2.24) is 15.3 Å². The molecule has 1 aromatic heterocycles. The first-order chi connectivity index (χ1) is 11.6. The van der Waals surface area contributed by atoms with E-state index in [1.165, 1.54) is 6.07 Å². The highest BCUT2D eigenvalue weighted by molar-refractivity contribution is 5.93. The van der Waals surface area contributed by atoms with Gasteiger partial charge in [0.25, 0.3) is 11.5 Å². The van der Waals surface area contributed by atoms with Crippen LogP contribution < -0.4 is 15.6 Å². The minimum absolute atomic E-state index is 0.0573. The van der Waals surface area contributed by atoms with Crippen molar-refractivity contribution >= 4 is 16.8 Å². The van der Waals surface area contributed by atoms with E-state index in [0.29, 0.717) is 5.75 Å². The molecule has 2 aromatic carbocycles. The molecule has 122 valence electrons. The number of aromatic nitrogens is 2. The van der Waals surface area contributed by atoms with Crippen molar-refractivity contribution in [3.63, 3.8) is 0 Å². The maximum absolute atomic E-state index is 12.2. The lowest BCUT2D eigenvalue weighted by atomic mass is 10.2. The summed E-state index contributed by atoms with van der Waals surface area (Å²) in [6.07, 6.45) is 0. The molecule has 24 heavy (non-hydrogen) atoms. The van der Waals surface area contributed by atoms with Gasteiger partial charge in [0, 0.05) is 6.54 Å². The molecule has 0 fully saturated rings. The Morgan fingerprint density at radius 3 is 2.88 bits per heavy atom. The van der Waals surface area contributed by atoms with Crippen LogP contribution in [-0.4, -0.2) is 28.1 Å². The third-order valence-electron chi connectivity index (χ3n) is 3.51. The third kappa shape index (κ3) is 3.05. The molecule has 7 nitrogen and oxygen atoms in total.